The van der Waals surface area contributed by atoms with Crippen molar-refractivity contribution in [1.29, 1.82) is 0 Å². The van der Waals surface area contributed by atoms with E-state index in [1.165, 1.54) is 0 Å². The molecule has 1 N–H and O–H groups in total. The molecule has 0 saturated heterocycles. The summed E-state index contributed by atoms with van der Waals surface area (Å²) in [4.78, 5) is 41.2. The monoisotopic (exact) mass is 468 g/mol. The number of aromatic amines is 1. The maximum absolute atomic E-state index is 12.6. The number of para-hydroxylation sites is 1. The molecule has 0 fully saturated rings. The van der Waals surface area contributed by atoms with Crippen molar-refractivity contribution in [3.8, 4) is 5.69 Å². The van der Waals surface area contributed by atoms with Gasteiger partial charge in [-0.1, -0.05) is 0 Å². The van der Waals surface area contributed by atoms with Crippen molar-refractivity contribution in [2.75, 3.05) is 6.61 Å². The summed E-state index contributed by atoms with van der Waals surface area (Å²) in [6.07, 6.45) is -0.0979. The number of ether oxygens (including phenoxy) is 1. The van der Waals surface area contributed by atoms with Crippen LogP contribution in [0.25, 0.3) is 36.5 Å². The number of hydrogen-bond donors (Lipinski definition) is 1. The number of hydrogen-bond acceptors (Lipinski definition) is 7. The Morgan fingerprint density at radius 1 is 1.13 bits per heavy atom. The number of nitrogens with one attached hydrogen (secondary N) is 1. The Bertz CT molecular complexity index is 1490. The van der Waals surface area contributed by atoms with E-state index in [2.05, 4.69) is 15.1 Å². The summed E-state index contributed by atoms with van der Waals surface area (Å²) in [5.41, 5.74) is 3.76. The predicted octanol–water partition coefficient (Wildman–Crippen LogP) is 1.68. The first-order chi connectivity index (χ1) is 14.5. The molecule has 0 amide bonds. The summed E-state index contributed by atoms with van der Waals surface area (Å²) in [5, 5.41) is 4.60. The molecule has 4 heterocycles. The minimum atomic E-state index is -0.439. The molecule has 150 valence electrons. The van der Waals surface area contributed by atoms with Gasteiger partial charge in [-0.05, 0) is 0 Å². The predicted molar refractivity (Wildman–Crippen MR) is 112 cm³/mol. The fourth-order valence-corrected chi connectivity index (χ4v) is 5.30. The van der Waals surface area contributed by atoms with E-state index in [1.807, 2.05) is 37.3 Å². The Balaban J connectivity index is 1.73. The van der Waals surface area contributed by atoms with Crippen molar-refractivity contribution < 1.29 is 9.53 Å². The van der Waals surface area contributed by atoms with E-state index in [9.17, 15) is 9.59 Å². The van der Waals surface area contributed by atoms with Crippen LogP contribution in [-0.4, -0.2) is 56.8 Å². The minimum absolute atomic E-state index is 0.0979. The molecule has 9 nitrogen and oxygen atoms in total. The van der Waals surface area contributed by atoms with Crippen LogP contribution in [0.15, 0.2) is 35.1 Å². The molecule has 10 heteroatoms. The molecule has 0 aliphatic heterocycles. The molecule has 0 unspecified atom stereocenters. The second-order valence-corrected chi connectivity index (χ2v) is 8.75. The van der Waals surface area contributed by atoms with E-state index in [0.717, 1.165) is 15.8 Å². The number of H-pyrrole nitrogens is 1. The Morgan fingerprint density at radius 2 is 1.93 bits per heavy atom. The number of rotatable bonds is 4. The molecule has 0 aliphatic carbocycles. The number of aryl methyl sites for hydroxylation is 1. The van der Waals surface area contributed by atoms with Gasteiger partial charge in [-0.25, -0.2) is 0 Å². The number of esters is 1. The first kappa shape index (κ1) is 18.7. The summed E-state index contributed by atoms with van der Waals surface area (Å²) >= 11 is -0.339. The van der Waals surface area contributed by atoms with Gasteiger partial charge in [-0.15, -0.1) is 0 Å². The molecular weight excluding hydrogens is 451 g/mol. The van der Waals surface area contributed by atoms with Crippen LogP contribution < -0.4 is 5.56 Å². The van der Waals surface area contributed by atoms with E-state index in [1.54, 1.807) is 11.6 Å². The van der Waals surface area contributed by atoms with Crippen LogP contribution in [0, 0.1) is 6.92 Å². The standard InChI is InChI=1S/C20H16N6O3Se/c1-3-29-13(27)9-12-21-15-16-20(30-17(15)19(28)22-12)24-18-14(23-16)10(2)25-26(18)11-7-5-4-6-8-11/h4-8H,3,9H2,1-2H3,(H,21,22,28). The van der Waals surface area contributed by atoms with Gasteiger partial charge in [0.05, 0.1) is 0 Å². The van der Waals surface area contributed by atoms with E-state index in [-0.39, 0.29) is 38.9 Å². The zero-order chi connectivity index (χ0) is 20.8. The van der Waals surface area contributed by atoms with E-state index in [4.69, 9.17) is 14.7 Å². The second kappa shape index (κ2) is 7.16. The zero-order valence-electron chi connectivity index (χ0n) is 16.2. The van der Waals surface area contributed by atoms with Gasteiger partial charge in [0.2, 0.25) is 0 Å². The number of nitrogens with zero attached hydrogens (tertiary/aromatic N) is 5. The summed E-state index contributed by atoms with van der Waals surface area (Å²) in [5.74, 6) is -0.176. The van der Waals surface area contributed by atoms with Crippen molar-refractivity contribution in [2.24, 2.45) is 0 Å². The first-order valence-corrected chi connectivity index (χ1v) is 11.1. The second-order valence-electron chi connectivity index (χ2n) is 6.66. The Labute approximate surface area is 175 Å². The first-order valence-electron chi connectivity index (χ1n) is 9.35. The van der Waals surface area contributed by atoms with E-state index >= 15 is 0 Å². The third-order valence-corrected chi connectivity index (χ3v) is 6.83. The molecule has 0 radical (unpaired) electrons. The molecule has 1 aromatic carbocycles. The van der Waals surface area contributed by atoms with E-state index in [0.29, 0.717) is 26.5 Å². The Hall–Kier alpha value is -3.36. The molecular formula is C20H16N6O3Se. The number of benzene rings is 1. The van der Waals surface area contributed by atoms with Gasteiger partial charge in [0.25, 0.3) is 0 Å². The van der Waals surface area contributed by atoms with Gasteiger partial charge >= 0.3 is 175 Å². The van der Waals surface area contributed by atoms with Gasteiger partial charge in [0.1, 0.15) is 0 Å². The average Bonchev–Trinajstić information content (AvgIpc) is 3.25. The van der Waals surface area contributed by atoms with Gasteiger partial charge in [0, 0.05) is 0 Å². The fraction of sp³-hybridized carbons (Fsp3) is 0.200. The molecule has 0 saturated carbocycles. The Kier molecular flexibility index (Phi) is 4.45. The fourth-order valence-electron chi connectivity index (χ4n) is 3.31. The topological polar surface area (TPSA) is 116 Å². The summed E-state index contributed by atoms with van der Waals surface area (Å²) < 4.78 is 8.02. The summed E-state index contributed by atoms with van der Waals surface area (Å²) in [6.45, 7) is 3.88. The van der Waals surface area contributed by atoms with Gasteiger partial charge in [-0.3, -0.25) is 0 Å². The maximum atomic E-state index is 12.6. The quantitative estimate of drug-likeness (QED) is 0.316. The Morgan fingerprint density at radius 3 is 2.70 bits per heavy atom. The van der Waals surface area contributed by atoms with Crippen LogP contribution in [0.5, 0.6) is 0 Å². The van der Waals surface area contributed by atoms with Gasteiger partial charge in [0.15, 0.2) is 0 Å². The van der Waals surface area contributed by atoms with Crippen LogP contribution in [0.4, 0.5) is 0 Å². The summed E-state index contributed by atoms with van der Waals surface area (Å²) in [6, 6.07) is 9.72. The van der Waals surface area contributed by atoms with E-state index < -0.39 is 5.97 Å². The van der Waals surface area contributed by atoms with Crippen LogP contribution in [0.2, 0.25) is 0 Å². The van der Waals surface area contributed by atoms with Crippen LogP contribution in [-0.2, 0) is 16.0 Å². The number of carbonyl (C=O) groups is 1. The molecule has 5 rings (SSSR count). The van der Waals surface area contributed by atoms with Crippen molar-refractivity contribution in [1.82, 2.24) is 29.7 Å². The van der Waals surface area contributed by atoms with Gasteiger partial charge < -0.3 is 0 Å². The third kappa shape index (κ3) is 3.01. The molecule has 0 bridgehead atoms. The normalized spacial score (nSPS) is 11.5. The summed E-state index contributed by atoms with van der Waals surface area (Å²) in [7, 11) is 0. The van der Waals surface area contributed by atoms with Crippen molar-refractivity contribution in [3.05, 3.63) is 52.2 Å². The van der Waals surface area contributed by atoms with Crippen molar-refractivity contribution in [2.45, 2.75) is 20.3 Å². The number of aromatic nitrogens is 6. The van der Waals surface area contributed by atoms with Crippen LogP contribution in [0.3, 0.4) is 0 Å². The number of carbonyl (C=O) groups excluding carboxylic acids is 1. The number of fused-ring (bicyclic) bond motifs is 4. The van der Waals surface area contributed by atoms with Crippen molar-refractivity contribution in [3.63, 3.8) is 0 Å². The van der Waals surface area contributed by atoms with Crippen LogP contribution in [0.1, 0.15) is 18.4 Å². The molecule has 0 aliphatic rings. The third-order valence-electron chi connectivity index (χ3n) is 4.61. The molecule has 0 spiro atoms. The average molecular weight is 467 g/mol. The molecule has 5 aromatic rings. The van der Waals surface area contributed by atoms with Crippen LogP contribution >= 0.6 is 0 Å². The SMILES string of the molecule is CCOC(=O)Cc1nc2c([se]c3nc4c(nc32)c(C)nn4-c2ccccc2)c(=O)[nH]1. The van der Waals surface area contributed by atoms with Gasteiger partial charge in [-0.2, -0.15) is 0 Å². The van der Waals surface area contributed by atoms with Crippen molar-refractivity contribution >= 4 is 51.3 Å². The molecule has 30 heavy (non-hydrogen) atoms. The molecule has 4 aromatic heterocycles. The molecule has 0 atom stereocenters. The zero-order valence-corrected chi connectivity index (χ0v) is 17.9.